The summed E-state index contributed by atoms with van der Waals surface area (Å²) in [6.07, 6.45) is -1.58. The summed E-state index contributed by atoms with van der Waals surface area (Å²) in [4.78, 5) is 32.4. The molecular weight excluding hydrogens is 515 g/mol. The quantitative estimate of drug-likeness (QED) is 0.355. The van der Waals surface area contributed by atoms with Gasteiger partial charge in [0.25, 0.3) is 11.8 Å². The molecule has 3 aromatic heterocycles. The number of fused-ring (bicyclic) bond motifs is 2. The number of amides is 2. The molecule has 0 fully saturated rings. The molecule has 1 aliphatic heterocycles. The van der Waals surface area contributed by atoms with E-state index in [9.17, 15) is 22.8 Å². The zero-order valence-electron chi connectivity index (χ0n) is 18.7. The molecule has 2 amide bonds. The van der Waals surface area contributed by atoms with Gasteiger partial charge in [-0.15, -0.1) is 11.3 Å². The number of benzene rings is 1. The summed E-state index contributed by atoms with van der Waals surface area (Å²) >= 11 is 7.36. The number of hydrogen-bond acceptors (Lipinski definition) is 5. The Kier molecular flexibility index (Phi) is 6.48. The Balaban J connectivity index is 1.21. The van der Waals surface area contributed by atoms with Gasteiger partial charge in [0.2, 0.25) is 0 Å². The molecule has 11 heteroatoms. The van der Waals surface area contributed by atoms with Crippen molar-refractivity contribution in [1.29, 1.82) is 0 Å². The highest BCUT2D eigenvalue weighted by molar-refractivity contribution is 7.10. The maximum Gasteiger partial charge on any atom is 0.417 e. The van der Waals surface area contributed by atoms with E-state index in [0.29, 0.717) is 36.2 Å². The standard InChI is InChI=1S/C25H19ClF3N3O3S/c26-19-9-14(25(27,28)29)10-31-20(19)5-7-30-23(33)18-13-36-22-11-32(8-6-16(18)22)24(34)17-12-35-21-4-2-1-3-15(17)21/h1-4,9-10,12-13H,5-8,11H2,(H,30,33). The molecule has 36 heavy (non-hydrogen) atoms. The third kappa shape index (κ3) is 4.70. The number of carbonyl (C=O) groups excluding carboxylic acids is 2. The average Bonchev–Trinajstić information content (AvgIpc) is 3.48. The third-order valence-corrected chi connectivity index (χ3v) is 7.42. The van der Waals surface area contributed by atoms with Crippen molar-refractivity contribution in [3.8, 4) is 0 Å². The minimum Gasteiger partial charge on any atom is -0.463 e. The molecule has 0 unspecified atom stereocenters. The smallest absolute Gasteiger partial charge is 0.417 e. The lowest BCUT2D eigenvalue weighted by atomic mass is 10.0. The van der Waals surface area contributed by atoms with Crippen LogP contribution >= 0.6 is 22.9 Å². The van der Waals surface area contributed by atoms with Gasteiger partial charge in [0.05, 0.1) is 34.0 Å². The molecule has 1 N–H and O–H groups in total. The summed E-state index contributed by atoms with van der Waals surface area (Å²) in [7, 11) is 0. The lowest BCUT2D eigenvalue weighted by Gasteiger charge is -2.27. The maximum absolute atomic E-state index is 13.1. The SMILES string of the molecule is O=C(NCCc1ncc(C(F)(F)F)cc1Cl)c1csc2c1CCN(C(=O)c1coc3ccccc13)C2. The maximum atomic E-state index is 13.1. The van der Waals surface area contributed by atoms with Crippen molar-refractivity contribution in [2.75, 3.05) is 13.1 Å². The van der Waals surface area contributed by atoms with Gasteiger partial charge in [-0.05, 0) is 24.1 Å². The molecule has 1 aliphatic rings. The monoisotopic (exact) mass is 533 g/mol. The summed E-state index contributed by atoms with van der Waals surface area (Å²) in [5, 5.41) is 5.23. The summed E-state index contributed by atoms with van der Waals surface area (Å²) in [5.41, 5.74) is 1.98. The molecule has 4 heterocycles. The largest absolute Gasteiger partial charge is 0.463 e. The van der Waals surface area contributed by atoms with Crippen LogP contribution in [0.25, 0.3) is 11.0 Å². The van der Waals surface area contributed by atoms with Crippen LogP contribution in [0.4, 0.5) is 13.2 Å². The first kappa shape index (κ1) is 24.3. The van der Waals surface area contributed by atoms with Crippen LogP contribution in [-0.4, -0.2) is 34.8 Å². The molecule has 0 bridgehead atoms. The van der Waals surface area contributed by atoms with Gasteiger partial charge in [-0.3, -0.25) is 14.6 Å². The second kappa shape index (κ2) is 9.59. The van der Waals surface area contributed by atoms with Crippen molar-refractivity contribution in [3.63, 3.8) is 0 Å². The van der Waals surface area contributed by atoms with Crippen LogP contribution in [0.3, 0.4) is 0 Å². The van der Waals surface area contributed by atoms with E-state index in [1.807, 2.05) is 24.3 Å². The van der Waals surface area contributed by atoms with Crippen molar-refractivity contribution in [1.82, 2.24) is 15.2 Å². The van der Waals surface area contributed by atoms with Gasteiger partial charge in [0.1, 0.15) is 11.8 Å². The number of alkyl halides is 3. The van der Waals surface area contributed by atoms with Crippen LogP contribution in [-0.2, 0) is 25.6 Å². The lowest BCUT2D eigenvalue weighted by Crippen LogP contribution is -2.36. The first-order valence-electron chi connectivity index (χ1n) is 11.1. The fraction of sp³-hybridized carbons (Fsp3) is 0.240. The topological polar surface area (TPSA) is 75.4 Å². The second-order valence-electron chi connectivity index (χ2n) is 8.33. The first-order chi connectivity index (χ1) is 17.2. The Labute approximate surface area is 212 Å². The number of thiophene rings is 1. The highest BCUT2D eigenvalue weighted by Gasteiger charge is 2.32. The highest BCUT2D eigenvalue weighted by atomic mass is 35.5. The van der Waals surface area contributed by atoms with Crippen LogP contribution in [0, 0.1) is 0 Å². The molecule has 0 atom stereocenters. The summed E-state index contributed by atoms with van der Waals surface area (Å²) < 4.78 is 43.8. The number of nitrogens with one attached hydrogen (secondary N) is 1. The van der Waals surface area contributed by atoms with Crippen LogP contribution in [0.1, 0.15) is 42.4 Å². The Hall–Kier alpha value is -3.37. The highest BCUT2D eigenvalue weighted by Crippen LogP contribution is 2.32. The number of pyridine rings is 1. The molecule has 0 aliphatic carbocycles. The number of carbonyl (C=O) groups is 2. The van der Waals surface area contributed by atoms with Crippen molar-refractivity contribution < 1.29 is 27.2 Å². The van der Waals surface area contributed by atoms with Gasteiger partial charge in [-0.2, -0.15) is 13.2 Å². The average molecular weight is 534 g/mol. The van der Waals surface area contributed by atoms with E-state index in [1.54, 1.807) is 10.3 Å². The minimum absolute atomic E-state index is 0.0952. The number of para-hydroxylation sites is 1. The van der Waals surface area contributed by atoms with E-state index < -0.39 is 11.7 Å². The molecular formula is C25H19ClF3N3O3S. The van der Waals surface area contributed by atoms with Gasteiger partial charge >= 0.3 is 6.18 Å². The molecule has 4 aromatic rings. The summed E-state index contributed by atoms with van der Waals surface area (Å²) in [6, 6.07) is 8.20. The normalized spacial score (nSPS) is 13.6. The van der Waals surface area contributed by atoms with Crippen molar-refractivity contribution in [2.45, 2.75) is 25.6 Å². The van der Waals surface area contributed by atoms with Crippen molar-refractivity contribution >= 4 is 45.7 Å². The zero-order valence-corrected chi connectivity index (χ0v) is 20.3. The van der Waals surface area contributed by atoms with Crippen LogP contribution < -0.4 is 5.32 Å². The molecule has 6 nitrogen and oxygen atoms in total. The third-order valence-electron chi connectivity index (χ3n) is 6.08. The van der Waals surface area contributed by atoms with E-state index in [2.05, 4.69) is 10.3 Å². The molecule has 5 rings (SSSR count). The molecule has 0 saturated heterocycles. The second-order valence-corrected chi connectivity index (χ2v) is 9.70. The predicted octanol–water partition coefficient (Wildman–Crippen LogP) is 5.73. The molecule has 0 saturated carbocycles. The number of nitrogens with zero attached hydrogens (tertiary/aromatic N) is 2. The fourth-order valence-electron chi connectivity index (χ4n) is 4.20. The minimum atomic E-state index is -4.52. The van der Waals surface area contributed by atoms with Gasteiger partial charge in [0.15, 0.2) is 0 Å². The Morgan fingerprint density at radius 1 is 1.22 bits per heavy atom. The Bertz CT molecular complexity index is 1460. The van der Waals surface area contributed by atoms with E-state index in [-0.39, 0.29) is 35.5 Å². The molecule has 0 spiro atoms. The number of rotatable bonds is 5. The Morgan fingerprint density at radius 3 is 2.81 bits per heavy atom. The number of furan rings is 1. The van der Waals surface area contributed by atoms with E-state index >= 15 is 0 Å². The first-order valence-corrected chi connectivity index (χ1v) is 12.3. The fourth-order valence-corrected chi connectivity index (χ4v) is 5.56. The number of hydrogen-bond donors (Lipinski definition) is 1. The van der Waals surface area contributed by atoms with Crippen molar-refractivity contribution in [2.24, 2.45) is 0 Å². The summed E-state index contributed by atoms with van der Waals surface area (Å²) in [5.74, 6) is -0.401. The van der Waals surface area contributed by atoms with Crippen molar-refractivity contribution in [3.05, 3.63) is 86.0 Å². The van der Waals surface area contributed by atoms with Gasteiger partial charge in [0, 0.05) is 41.4 Å². The van der Waals surface area contributed by atoms with Crippen LogP contribution in [0.15, 0.2) is 52.6 Å². The van der Waals surface area contributed by atoms with E-state index in [1.165, 1.54) is 17.6 Å². The Morgan fingerprint density at radius 2 is 2.03 bits per heavy atom. The van der Waals surface area contributed by atoms with E-state index in [0.717, 1.165) is 28.1 Å². The molecule has 1 aromatic carbocycles. The van der Waals surface area contributed by atoms with Gasteiger partial charge in [-0.25, -0.2) is 0 Å². The molecule has 186 valence electrons. The van der Waals surface area contributed by atoms with E-state index in [4.69, 9.17) is 16.0 Å². The van der Waals surface area contributed by atoms with Crippen LogP contribution in [0.2, 0.25) is 5.02 Å². The predicted molar refractivity (Wildman–Crippen MR) is 129 cm³/mol. The zero-order chi connectivity index (χ0) is 25.4. The lowest BCUT2D eigenvalue weighted by molar-refractivity contribution is -0.137. The summed E-state index contributed by atoms with van der Waals surface area (Å²) in [6.45, 7) is 1.03. The molecule has 0 radical (unpaired) electrons. The number of aromatic nitrogens is 1. The van der Waals surface area contributed by atoms with Crippen LogP contribution in [0.5, 0.6) is 0 Å². The number of halogens is 4. The van der Waals surface area contributed by atoms with Gasteiger partial charge in [-0.1, -0.05) is 29.8 Å². The van der Waals surface area contributed by atoms with Gasteiger partial charge < -0.3 is 14.6 Å².